The maximum atomic E-state index is 13.9. The SMILES string of the molecule is CC(c1cc(C(F)(F)F)cc(C(F)(F)F)c1)N(C)C(=O)N1CCC[C@@H](N(C)C(=O)OC(C)(C)C)[C@H]1c1ccccc1. The van der Waals surface area contributed by atoms with Gasteiger partial charge in [0.2, 0.25) is 0 Å². The summed E-state index contributed by atoms with van der Waals surface area (Å²) < 4.78 is 86.4. The van der Waals surface area contributed by atoms with E-state index in [0.717, 1.165) is 10.5 Å². The molecule has 1 aliphatic rings. The minimum Gasteiger partial charge on any atom is -0.444 e. The number of urea groups is 1. The second-order valence-electron chi connectivity index (χ2n) is 11.3. The number of ether oxygens (including phenoxy) is 1. The molecule has 2 aromatic carbocycles. The van der Waals surface area contributed by atoms with E-state index < -0.39 is 59.3 Å². The topological polar surface area (TPSA) is 53.1 Å². The number of carbonyl (C=O) groups excluding carboxylic acids is 2. The molecular formula is C29H35F6N3O3. The molecule has 0 bridgehead atoms. The standard InChI is InChI=1S/C29H35F6N3O3/c1-18(20-15-21(28(30,31)32)17-22(16-20)29(33,34)35)36(5)25(39)38-14-10-13-23(24(38)19-11-8-7-9-12-19)37(6)26(40)41-27(2,3)4/h7-9,11-12,15-18,23-24H,10,13-14H2,1-6H3/t18?,23-,24-/m1/s1. The Hall–Kier alpha value is -3.44. The zero-order chi connectivity index (χ0) is 30.9. The molecule has 12 heteroatoms. The highest BCUT2D eigenvalue weighted by molar-refractivity contribution is 5.76. The van der Waals surface area contributed by atoms with E-state index in [4.69, 9.17) is 4.74 Å². The van der Waals surface area contributed by atoms with Gasteiger partial charge in [0.1, 0.15) is 5.60 Å². The second kappa shape index (κ2) is 11.8. The van der Waals surface area contributed by atoms with Crippen molar-refractivity contribution in [2.24, 2.45) is 0 Å². The van der Waals surface area contributed by atoms with Gasteiger partial charge in [-0.05, 0) is 69.9 Å². The summed E-state index contributed by atoms with van der Waals surface area (Å²) in [7, 11) is 2.92. The van der Waals surface area contributed by atoms with Crippen LogP contribution in [-0.2, 0) is 17.1 Å². The predicted octanol–water partition coefficient (Wildman–Crippen LogP) is 7.91. The summed E-state index contributed by atoms with van der Waals surface area (Å²) in [5.74, 6) is 0. The first kappa shape index (κ1) is 32.1. The van der Waals surface area contributed by atoms with E-state index >= 15 is 0 Å². The lowest BCUT2D eigenvalue weighted by atomic mass is 9.89. The minimum atomic E-state index is -5.01. The quantitative estimate of drug-likeness (QED) is 0.342. The zero-order valence-corrected chi connectivity index (χ0v) is 23.8. The summed E-state index contributed by atoms with van der Waals surface area (Å²) in [5.41, 5.74) is -3.24. The van der Waals surface area contributed by atoms with Gasteiger partial charge < -0.3 is 19.4 Å². The Bertz CT molecular complexity index is 1190. The molecule has 0 N–H and O–H groups in total. The number of rotatable bonds is 4. The van der Waals surface area contributed by atoms with Crippen LogP contribution >= 0.6 is 0 Å². The normalized spacial score (nSPS) is 19.0. The van der Waals surface area contributed by atoms with Crippen molar-refractivity contribution in [2.75, 3.05) is 20.6 Å². The molecule has 0 aromatic heterocycles. The third kappa shape index (κ3) is 7.65. The van der Waals surface area contributed by atoms with Crippen molar-refractivity contribution in [1.82, 2.24) is 14.7 Å². The molecule has 1 heterocycles. The second-order valence-corrected chi connectivity index (χ2v) is 11.3. The number of likely N-dealkylation sites (tertiary alicyclic amines) is 1. The molecule has 0 saturated carbocycles. The van der Waals surface area contributed by atoms with Gasteiger partial charge in [0.15, 0.2) is 0 Å². The fraction of sp³-hybridized carbons (Fsp3) is 0.517. The number of alkyl halides is 6. The lowest BCUT2D eigenvalue weighted by molar-refractivity contribution is -0.143. The van der Waals surface area contributed by atoms with Crippen molar-refractivity contribution in [3.63, 3.8) is 0 Å². The highest BCUT2D eigenvalue weighted by Gasteiger charge is 2.42. The van der Waals surface area contributed by atoms with Crippen LogP contribution in [0.1, 0.15) is 74.9 Å². The van der Waals surface area contributed by atoms with Crippen LogP contribution < -0.4 is 0 Å². The highest BCUT2D eigenvalue weighted by Crippen LogP contribution is 2.40. The number of piperidine rings is 1. The summed E-state index contributed by atoms with van der Waals surface area (Å²) in [4.78, 5) is 30.9. The number of halogens is 6. The van der Waals surface area contributed by atoms with Crippen LogP contribution in [0.3, 0.4) is 0 Å². The number of nitrogens with zero attached hydrogens (tertiary/aromatic N) is 3. The van der Waals surface area contributed by atoms with Crippen LogP contribution in [0.5, 0.6) is 0 Å². The summed E-state index contributed by atoms with van der Waals surface area (Å²) in [6.45, 7) is 6.85. The van der Waals surface area contributed by atoms with Crippen molar-refractivity contribution in [1.29, 1.82) is 0 Å². The molecule has 1 aliphatic heterocycles. The lowest BCUT2D eigenvalue weighted by Crippen LogP contribution is -2.55. The van der Waals surface area contributed by atoms with E-state index in [2.05, 4.69) is 0 Å². The fourth-order valence-corrected chi connectivity index (χ4v) is 4.93. The van der Waals surface area contributed by atoms with Crippen LogP contribution in [0.4, 0.5) is 35.9 Å². The van der Waals surface area contributed by atoms with Crippen LogP contribution in [0.15, 0.2) is 48.5 Å². The Morgan fingerprint density at radius 1 is 0.927 bits per heavy atom. The summed E-state index contributed by atoms with van der Waals surface area (Å²) >= 11 is 0. The number of hydrogen-bond acceptors (Lipinski definition) is 3. The molecule has 3 atom stereocenters. The number of hydrogen-bond donors (Lipinski definition) is 0. The average molecular weight is 588 g/mol. The van der Waals surface area contributed by atoms with Crippen molar-refractivity contribution < 1.29 is 40.7 Å². The van der Waals surface area contributed by atoms with Gasteiger partial charge in [0.25, 0.3) is 0 Å². The van der Waals surface area contributed by atoms with Gasteiger partial charge in [0.05, 0.1) is 29.3 Å². The van der Waals surface area contributed by atoms with Gasteiger partial charge in [0, 0.05) is 20.6 Å². The summed E-state index contributed by atoms with van der Waals surface area (Å²) in [5, 5.41) is 0. The van der Waals surface area contributed by atoms with Crippen LogP contribution in [0, 0.1) is 0 Å². The van der Waals surface area contributed by atoms with E-state index in [1.165, 1.54) is 23.8 Å². The Labute approximate surface area is 235 Å². The molecule has 41 heavy (non-hydrogen) atoms. The minimum absolute atomic E-state index is 0.0607. The number of likely N-dealkylation sites (N-methyl/N-ethyl adjacent to an activating group) is 1. The average Bonchev–Trinajstić information content (AvgIpc) is 2.89. The molecule has 0 aliphatic carbocycles. The zero-order valence-electron chi connectivity index (χ0n) is 23.8. The molecule has 3 amide bonds. The van der Waals surface area contributed by atoms with Crippen molar-refractivity contribution in [3.05, 3.63) is 70.8 Å². The molecule has 226 valence electrons. The third-order valence-electron chi connectivity index (χ3n) is 7.14. The largest absolute Gasteiger partial charge is 0.444 e. The smallest absolute Gasteiger partial charge is 0.416 e. The van der Waals surface area contributed by atoms with Crippen LogP contribution in [0.25, 0.3) is 0 Å². The van der Waals surface area contributed by atoms with Gasteiger partial charge in [-0.15, -0.1) is 0 Å². The molecular weight excluding hydrogens is 552 g/mol. The molecule has 2 aromatic rings. The monoisotopic (exact) mass is 587 g/mol. The molecule has 1 fully saturated rings. The maximum absolute atomic E-state index is 13.9. The number of benzene rings is 2. The summed E-state index contributed by atoms with van der Waals surface area (Å²) in [6.07, 6.45) is -9.55. The van der Waals surface area contributed by atoms with Gasteiger partial charge in [-0.1, -0.05) is 30.3 Å². The lowest BCUT2D eigenvalue weighted by Gasteiger charge is -2.46. The molecule has 0 spiro atoms. The molecule has 1 saturated heterocycles. The fourth-order valence-electron chi connectivity index (χ4n) is 4.93. The number of carbonyl (C=O) groups is 2. The van der Waals surface area contributed by atoms with Crippen LogP contribution in [0.2, 0.25) is 0 Å². The van der Waals surface area contributed by atoms with E-state index in [0.29, 0.717) is 25.0 Å². The third-order valence-corrected chi connectivity index (χ3v) is 7.14. The van der Waals surface area contributed by atoms with E-state index in [-0.39, 0.29) is 18.2 Å². The van der Waals surface area contributed by atoms with E-state index in [1.807, 2.05) is 0 Å². The Balaban J connectivity index is 1.99. The van der Waals surface area contributed by atoms with Crippen molar-refractivity contribution in [2.45, 2.75) is 76.6 Å². The van der Waals surface area contributed by atoms with E-state index in [9.17, 15) is 35.9 Å². The Morgan fingerprint density at radius 2 is 1.46 bits per heavy atom. The van der Waals surface area contributed by atoms with Gasteiger partial charge in [-0.25, -0.2) is 9.59 Å². The first-order valence-electron chi connectivity index (χ1n) is 13.1. The first-order valence-corrected chi connectivity index (χ1v) is 13.1. The molecule has 0 radical (unpaired) electrons. The Kier molecular flexibility index (Phi) is 9.24. The highest BCUT2D eigenvalue weighted by atomic mass is 19.4. The molecule has 1 unspecified atom stereocenters. The van der Waals surface area contributed by atoms with Crippen molar-refractivity contribution in [3.8, 4) is 0 Å². The van der Waals surface area contributed by atoms with Gasteiger partial charge in [-0.3, -0.25) is 0 Å². The Morgan fingerprint density at radius 3 is 1.95 bits per heavy atom. The molecule has 6 nitrogen and oxygen atoms in total. The van der Waals surface area contributed by atoms with Crippen molar-refractivity contribution >= 4 is 12.1 Å². The van der Waals surface area contributed by atoms with E-state index in [1.54, 1.807) is 58.2 Å². The van der Waals surface area contributed by atoms with Crippen LogP contribution in [-0.4, -0.2) is 59.1 Å². The van der Waals surface area contributed by atoms with Gasteiger partial charge in [-0.2, -0.15) is 26.3 Å². The molecule has 3 rings (SSSR count). The number of amides is 3. The van der Waals surface area contributed by atoms with Gasteiger partial charge >= 0.3 is 24.5 Å². The first-order chi connectivity index (χ1) is 18.8. The predicted molar refractivity (Wildman–Crippen MR) is 141 cm³/mol. The summed E-state index contributed by atoms with van der Waals surface area (Å²) in [6, 6.07) is 7.42. The maximum Gasteiger partial charge on any atom is 0.416 e.